The molecule has 0 radical (unpaired) electrons. The fourth-order valence-electron chi connectivity index (χ4n) is 1.87. The molecule has 8 heteroatoms. The van der Waals surface area contributed by atoms with Crippen molar-refractivity contribution in [2.75, 3.05) is 23.8 Å². The van der Waals surface area contributed by atoms with Crippen LogP contribution in [-0.4, -0.2) is 40.8 Å². The molecule has 1 atom stereocenters. The maximum Gasteiger partial charge on any atom is 0.413 e. The summed E-state index contributed by atoms with van der Waals surface area (Å²) in [4.78, 5) is 31.5. The Morgan fingerprint density at radius 3 is 2.55 bits per heavy atom. The van der Waals surface area contributed by atoms with Crippen LogP contribution < -0.4 is 10.6 Å². The number of carbonyl (C=O) groups is 2. The van der Waals surface area contributed by atoms with E-state index >= 15 is 0 Å². The van der Waals surface area contributed by atoms with E-state index in [-0.39, 0.29) is 17.6 Å². The summed E-state index contributed by atoms with van der Waals surface area (Å²) in [5.74, 6) is 0.247. The van der Waals surface area contributed by atoms with Crippen molar-refractivity contribution >= 4 is 23.6 Å². The minimum absolute atomic E-state index is 0.153. The lowest BCUT2D eigenvalue weighted by Gasteiger charge is -2.19. The molecule has 1 aromatic rings. The van der Waals surface area contributed by atoms with Crippen molar-refractivity contribution in [3.63, 3.8) is 0 Å². The Morgan fingerprint density at radius 1 is 1.27 bits per heavy atom. The summed E-state index contributed by atoms with van der Waals surface area (Å²) < 4.78 is 10.3. The monoisotopic (exact) mass is 308 g/mol. The number of ether oxygens (including phenoxy) is 2. The Kier molecular flexibility index (Phi) is 4.92. The summed E-state index contributed by atoms with van der Waals surface area (Å²) in [6.07, 6.45) is 1.33. The zero-order valence-electron chi connectivity index (χ0n) is 12.9. The van der Waals surface area contributed by atoms with E-state index in [1.54, 1.807) is 20.8 Å². The first-order valence-electron chi connectivity index (χ1n) is 7.04. The summed E-state index contributed by atoms with van der Waals surface area (Å²) in [6.45, 7) is 6.30. The Morgan fingerprint density at radius 2 is 1.95 bits per heavy atom. The van der Waals surface area contributed by atoms with E-state index in [4.69, 9.17) is 9.47 Å². The third-order valence-corrected chi connectivity index (χ3v) is 2.85. The van der Waals surface area contributed by atoms with Crippen molar-refractivity contribution in [3.05, 3.63) is 12.4 Å². The predicted octanol–water partition coefficient (Wildman–Crippen LogP) is 1.80. The maximum atomic E-state index is 12.0. The molecule has 1 aliphatic heterocycles. The van der Waals surface area contributed by atoms with Crippen LogP contribution in [0.15, 0.2) is 12.4 Å². The molecule has 1 aromatic heterocycles. The van der Waals surface area contributed by atoms with Crippen molar-refractivity contribution in [3.8, 4) is 0 Å². The molecule has 2 rings (SSSR count). The van der Waals surface area contributed by atoms with E-state index in [2.05, 4.69) is 20.6 Å². The molecule has 2 heterocycles. The largest absolute Gasteiger partial charge is 0.444 e. The highest BCUT2D eigenvalue weighted by atomic mass is 16.6. The minimum atomic E-state index is -0.618. The molecule has 8 nitrogen and oxygen atoms in total. The van der Waals surface area contributed by atoms with Crippen molar-refractivity contribution in [1.29, 1.82) is 0 Å². The quantitative estimate of drug-likeness (QED) is 0.882. The summed E-state index contributed by atoms with van der Waals surface area (Å²) in [6, 6.07) is 1.47. The Labute approximate surface area is 128 Å². The third kappa shape index (κ3) is 4.96. The van der Waals surface area contributed by atoms with Gasteiger partial charge in [0.25, 0.3) is 0 Å². The molecule has 0 saturated carbocycles. The zero-order valence-corrected chi connectivity index (χ0v) is 12.9. The lowest BCUT2D eigenvalue weighted by atomic mass is 10.1. The molecular weight excluding hydrogens is 288 g/mol. The number of nitrogens with zero attached hydrogens (tertiary/aromatic N) is 2. The van der Waals surface area contributed by atoms with Gasteiger partial charge in [-0.15, -0.1) is 0 Å². The molecule has 120 valence electrons. The molecule has 1 unspecified atom stereocenters. The highest BCUT2D eigenvalue weighted by Gasteiger charge is 2.24. The van der Waals surface area contributed by atoms with Crippen molar-refractivity contribution < 1.29 is 19.1 Å². The highest BCUT2D eigenvalue weighted by molar-refractivity contribution is 5.92. The molecule has 1 fully saturated rings. The van der Waals surface area contributed by atoms with Gasteiger partial charge < -0.3 is 14.8 Å². The van der Waals surface area contributed by atoms with Gasteiger partial charge in [0.2, 0.25) is 5.91 Å². The summed E-state index contributed by atoms with van der Waals surface area (Å²) in [5.41, 5.74) is -0.601. The van der Waals surface area contributed by atoms with Gasteiger partial charge >= 0.3 is 6.09 Å². The first-order valence-corrected chi connectivity index (χ1v) is 7.04. The minimum Gasteiger partial charge on any atom is -0.444 e. The Bertz CT molecular complexity index is 550. The summed E-state index contributed by atoms with van der Waals surface area (Å²) in [7, 11) is 0. The number of nitrogens with one attached hydrogen (secondary N) is 2. The van der Waals surface area contributed by atoms with Gasteiger partial charge in [-0.25, -0.2) is 14.8 Å². The average molecular weight is 308 g/mol. The van der Waals surface area contributed by atoms with Gasteiger partial charge in [-0.3, -0.25) is 10.1 Å². The maximum absolute atomic E-state index is 12.0. The van der Waals surface area contributed by atoms with E-state index in [0.29, 0.717) is 25.5 Å². The highest BCUT2D eigenvalue weighted by Crippen LogP contribution is 2.16. The third-order valence-electron chi connectivity index (χ3n) is 2.85. The second kappa shape index (κ2) is 6.69. The van der Waals surface area contributed by atoms with Crippen molar-refractivity contribution in [2.24, 2.45) is 5.92 Å². The first kappa shape index (κ1) is 16.2. The number of carbonyl (C=O) groups excluding carboxylic acids is 2. The van der Waals surface area contributed by atoms with Gasteiger partial charge in [0, 0.05) is 12.7 Å². The van der Waals surface area contributed by atoms with Gasteiger partial charge in [0.15, 0.2) is 0 Å². The average Bonchev–Trinajstić information content (AvgIpc) is 2.90. The Balaban J connectivity index is 1.94. The van der Waals surface area contributed by atoms with Crippen LogP contribution in [0.3, 0.4) is 0 Å². The number of hydrogen-bond donors (Lipinski definition) is 2. The molecule has 0 aromatic carbocycles. The van der Waals surface area contributed by atoms with E-state index in [9.17, 15) is 9.59 Å². The fraction of sp³-hybridized carbons (Fsp3) is 0.571. The topological polar surface area (TPSA) is 102 Å². The molecule has 1 saturated heterocycles. The van der Waals surface area contributed by atoms with Crippen LogP contribution in [0.4, 0.5) is 16.4 Å². The summed E-state index contributed by atoms with van der Waals surface area (Å²) >= 11 is 0. The van der Waals surface area contributed by atoms with Crippen LogP contribution in [0, 0.1) is 5.92 Å². The molecule has 1 aliphatic rings. The SMILES string of the molecule is CC(C)(C)OC(=O)Nc1cc(NC(=O)C2CCOC2)ncn1. The van der Waals surface area contributed by atoms with Gasteiger partial charge in [-0.1, -0.05) is 0 Å². The lowest BCUT2D eigenvalue weighted by molar-refractivity contribution is -0.119. The number of rotatable bonds is 3. The van der Waals surface area contributed by atoms with Gasteiger partial charge in [0.05, 0.1) is 12.5 Å². The molecule has 0 spiro atoms. The van der Waals surface area contributed by atoms with Crippen LogP contribution >= 0.6 is 0 Å². The van der Waals surface area contributed by atoms with Crippen LogP contribution in [0.1, 0.15) is 27.2 Å². The van der Waals surface area contributed by atoms with Crippen molar-refractivity contribution in [1.82, 2.24) is 9.97 Å². The zero-order chi connectivity index (χ0) is 16.2. The molecule has 0 aliphatic carbocycles. The summed E-state index contributed by atoms with van der Waals surface area (Å²) in [5, 5.41) is 5.18. The number of anilines is 2. The molecule has 0 bridgehead atoms. The number of amides is 2. The smallest absolute Gasteiger partial charge is 0.413 e. The van der Waals surface area contributed by atoms with Crippen LogP contribution in [0.5, 0.6) is 0 Å². The predicted molar refractivity (Wildman–Crippen MR) is 79.4 cm³/mol. The molecule has 2 N–H and O–H groups in total. The van der Waals surface area contributed by atoms with Crippen molar-refractivity contribution in [2.45, 2.75) is 32.8 Å². The van der Waals surface area contributed by atoms with Gasteiger partial charge in [0.1, 0.15) is 23.6 Å². The van der Waals surface area contributed by atoms with Crippen LogP contribution in [0.2, 0.25) is 0 Å². The van der Waals surface area contributed by atoms with Crippen LogP contribution in [0.25, 0.3) is 0 Å². The van der Waals surface area contributed by atoms with E-state index in [1.807, 2.05) is 0 Å². The standard InChI is InChI=1S/C14H20N4O4/c1-14(2,3)22-13(20)18-11-6-10(15-8-16-11)17-12(19)9-4-5-21-7-9/h6,8-9H,4-5,7H2,1-3H3,(H2,15,16,17,18,19,20). The fourth-order valence-corrected chi connectivity index (χ4v) is 1.87. The number of aromatic nitrogens is 2. The molecular formula is C14H20N4O4. The number of hydrogen-bond acceptors (Lipinski definition) is 6. The molecule has 2 amide bonds. The molecule has 22 heavy (non-hydrogen) atoms. The first-order chi connectivity index (χ1) is 10.3. The Hall–Kier alpha value is -2.22. The lowest BCUT2D eigenvalue weighted by Crippen LogP contribution is -2.27. The van der Waals surface area contributed by atoms with E-state index < -0.39 is 11.7 Å². The normalized spacial score (nSPS) is 17.9. The van der Waals surface area contributed by atoms with E-state index in [0.717, 1.165) is 0 Å². The van der Waals surface area contributed by atoms with Gasteiger partial charge in [-0.2, -0.15) is 0 Å². The second-order valence-corrected chi connectivity index (χ2v) is 5.97. The van der Waals surface area contributed by atoms with E-state index in [1.165, 1.54) is 12.4 Å². The van der Waals surface area contributed by atoms with Crippen LogP contribution in [-0.2, 0) is 14.3 Å². The van der Waals surface area contributed by atoms with Gasteiger partial charge in [-0.05, 0) is 27.2 Å². The second-order valence-electron chi connectivity index (χ2n) is 5.97.